The van der Waals surface area contributed by atoms with Crippen LogP contribution < -0.4 is 5.73 Å². The van der Waals surface area contributed by atoms with Gasteiger partial charge in [-0.3, -0.25) is 14.5 Å². The predicted octanol–water partition coefficient (Wildman–Crippen LogP) is -0.0848. The third kappa shape index (κ3) is 1.80. The van der Waals surface area contributed by atoms with Gasteiger partial charge in [0.2, 0.25) is 5.91 Å². The Morgan fingerprint density at radius 3 is 2.71 bits per heavy atom. The van der Waals surface area contributed by atoms with Gasteiger partial charge < -0.3 is 5.73 Å². The molecule has 1 aliphatic heterocycles. The van der Waals surface area contributed by atoms with Crippen LogP contribution in [0.2, 0.25) is 0 Å². The first-order chi connectivity index (χ1) is 6.66. The average Bonchev–Trinajstić information content (AvgIpc) is 2.70. The highest BCUT2D eigenvalue weighted by molar-refractivity contribution is 5.81. The van der Waals surface area contributed by atoms with Crippen LogP contribution in [0.3, 0.4) is 0 Å². The van der Waals surface area contributed by atoms with Crippen molar-refractivity contribution in [2.45, 2.75) is 31.7 Å². The Balaban J connectivity index is 1.89. The van der Waals surface area contributed by atoms with Crippen LogP contribution in [0.4, 0.5) is 0 Å². The average molecular weight is 196 g/mol. The molecule has 0 aromatic heterocycles. The van der Waals surface area contributed by atoms with Crippen molar-refractivity contribution < 1.29 is 9.59 Å². The molecule has 2 N–H and O–H groups in total. The largest absolute Gasteiger partial charge is 0.369 e. The van der Waals surface area contributed by atoms with E-state index >= 15 is 0 Å². The zero-order valence-electron chi connectivity index (χ0n) is 8.24. The quantitative estimate of drug-likeness (QED) is 0.671. The summed E-state index contributed by atoms with van der Waals surface area (Å²) >= 11 is 0. The summed E-state index contributed by atoms with van der Waals surface area (Å²) in [5, 5.41) is 0. The van der Waals surface area contributed by atoms with E-state index in [1.165, 1.54) is 0 Å². The molecule has 0 aromatic rings. The van der Waals surface area contributed by atoms with Crippen molar-refractivity contribution in [2.75, 3.05) is 13.1 Å². The van der Waals surface area contributed by atoms with E-state index in [1.54, 1.807) is 0 Å². The summed E-state index contributed by atoms with van der Waals surface area (Å²) in [7, 11) is 0. The van der Waals surface area contributed by atoms with E-state index in [9.17, 15) is 9.59 Å². The fraction of sp³-hybridized carbons (Fsp3) is 0.800. The van der Waals surface area contributed by atoms with Crippen LogP contribution in [-0.2, 0) is 9.59 Å². The molecule has 2 unspecified atom stereocenters. The van der Waals surface area contributed by atoms with E-state index in [-0.39, 0.29) is 11.8 Å². The maximum atomic E-state index is 11.1. The maximum Gasteiger partial charge on any atom is 0.221 e. The van der Waals surface area contributed by atoms with Crippen LogP contribution in [0, 0.1) is 5.92 Å². The van der Waals surface area contributed by atoms with Gasteiger partial charge in [-0.2, -0.15) is 0 Å². The van der Waals surface area contributed by atoms with Gasteiger partial charge in [-0.15, -0.1) is 0 Å². The number of Topliss-reactive ketones (excluding diaryl/α,β-unsaturated/α-hetero) is 1. The minimum Gasteiger partial charge on any atom is -0.369 e. The number of likely N-dealkylation sites (tertiary alicyclic amines) is 1. The number of carbonyl (C=O) groups excluding carboxylic acids is 2. The number of rotatable bonds is 2. The minimum atomic E-state index is -0.197. The number of amides is 1. The van der Waals surface area contributed by atoms with Crippen LogP contribution in [0.25, 0.3) is 0 Å². The molecule has 4 heteroatoms. The molecule has 14 heavy (non-hydrogen) atoms. The summed E-state index contributed by atoms with van der Waals surface area (Å²) in [4.78, 5) is 24.3. The number of hydrogen-bond acceptors (Lipinski definition) is 3. The molecule has 1 amide bonds. The second-order valence-corrected chi connectivity index (χ2v) is 4.32. The molecular formula is C10H16N2O2. The van der Waals surface area contributed by atoms with Crippen molar-refractivity contribution in [3.05, 3.63) is 0 Å². The third-order valence-corrected chi connectivity index (χ3v) is 3.36. The second-order valence-electron chi connectivity index (χ2n) is 4.32. The van der Waals surface area contributed by atoms with Gasteiger partial charge in [-0.1, -0.05) is 0 Å². The fourth-order valence-corrected chi connectivity index (χ4v) is 2.46. The Kier molecular flexibility index (Phi) is 2.54. The highest BCUT2D eigenvalue weighted by Gasteiger charge is 2.34. The fourth-order valence-electron chi connectivity index (χ4n) is 2.46. The molecule has 78 valence electrons. The summed E-state index contributed by atoms with van der Waals surface area (Å²) in [6, 6.07) is 0.381. The van der Waals surface area contributed by atoms with E-state index < -0.39 is 0 Å². The maximum absolute atomic E-state index is 11.1. The first kappa shape index (κ1) is 9.65. The zero-order valence-corrected chi connectivity index (χ0v) is 8.24. The van der Waals surface area contributed by atoms with Crippen molar-refractivity contribution in [3.8, 4) is 0 Å². The van der Waals surface area contributed by atoms with E-state index in [4.69, 9.17) is 5.73 Å². The van der Waals surface area contributed by atoms with E-state index in [1.807, 2.05) is 0 Å². The van der Waals surface area contributed by atoms with Gasteiger partial charge >= 0.3 is 0 Å². The van der Waals surface area contributed by atoms with Gasteiger partial charge in [0.1, 0.15) is 5.78 Å². The molecule has 1 saturated heterocycles. The summed E-state index contributed by atoms with van der Waals surface area (Å²) in [6.45, 7) is 1.68. The first-order valence-electron chi connectivity index (χ1n) is 5.22. The molecule has 1 saturated carbocycles. The van der Waals surface area contributed by atoms with Gasteiger partial charge in [0, 0.05) is 25.4 Å². The SMILES string of the molecule is NC(=O)C1CCN(C2CCC(=O)C2)C1. The standard InChI is InChI=1S/C10H16N2O2/c11-10(14)7-3-4-12(6-7)8-1-2-9(13)5-8/h7-8H,1-6H2,(H2,11,14). The van der Waals surface area contributed by atoms with Crippen molar-refractivity contribution in [1.29, 1.82) is 0 Å². The minimum absolute atomic E-state index is 0.00528. The molecule has 4 nitrogen and oxygen atoms in total. The van der Waals surface area contributed by atoms with Gasteiger partial charge in [0.15, 0.2) is 0 Å². The van der Waals surface area contributed by atoms with Crippen molar-refractivity contribution in [1.82, 2.24) is 4.90 Å². The van der Waals surface area contributed by atoms with Crippen LogP contribution in [0.5, 0.6) is 0 Å². The Morgan fingerprint density at radius 1 is 1.43 bits per heavy atom. The Labute approximate surface area is 83.4 Å². The lowest BCUT2D eigenvalue weighted by atomic mass is 10.1. The molecule has 2 rings (SSSR count). The number of hydrogen-bond donors (Lipinski definition) is 1. The van der Waals surface area contributed by atoms with Crippen molar-refractivity contribution in [3.63, 3.8) is 0 Å². The molecule has 0 bridgehead atoms. The summed E-state index contributed by atoms with van der Waals surface area (Å²) in [5.74, 6) is 0.167. The molecule has 1 aliphatic carbocycles. The van der Waals surface area contributed by atoms with Gasteiger partial charge in [-0.25, -0.2) is 0 Å². The highest BCUT2D eigenvalue weighted by atomic mass is 16.1. The Hall–Kier alpha value is -0.900. The molecule has 2 aliphatic rings. The summed E-state index contributed by atoms with van der Waals surface area (Å²) in [5.41, 5.74) is 5.25. The molecule has 2 fully saturated rings. The number of nitrogens with two attached hydrogens (primary N) is 1. The number of carbonyl (C=O) groups is 2. The summed E-state index contributed by atoms with van der Waals surface area (Å²) in [6.07, 6.45) is 3.21. The lowest BCUT2D eigenvalue weighted by Gasteiger charge is -2.22. The second kappa shape index (κ2) is 3.69. The third-order valence-electron chi connectivity index (χ3n) is 3.36. The van der Waals surface area contributed by atoms with Gasteiger partial charge in [0.25, 0.3) is 0 Å². The van der Waals surface area contributed by atoms with Crippen molar-refractivity contribution in [2.24, 2.45) is 11.7 Å². The van der Waals surface area contributed by atoms with E-state index in [2.05, 4.69) is 4.90 Å². The van der Waals surface area contributed by atoms with Crippen LogP contribution >= 0.6 is 0 Å². The number of nitrogens with zero attached hydrogens (tertiary/aromatic N) is 1. The van der Waals surface area contributed by atoms with E-state index in [0.717, 1.165) is 25.9 Å². The van der Waals surface area contributed by atoms with Crippen molar-refractivity contribution >= 4 is 11.7 Å². The van der Waals surface area contributed by atoms with Gasteiger partial charge in [-0.05, 0) is 19.4 Å². The molecule has 1 heterocycles. The molecule has 0 radical (unpaired) electrons. The van der Waals surface area contributed by atoms with Crippen LogP contribution in [0.1, 0.15) is 25.7 Å². The Morgan fingerprint density at radius 2 is 2.21 bits per heavy atom. The molecule has 0 aromatic carbocycles. The zero-order chi connectivity index (χ0) is 10.1. The van der Waals surface area contributed by atoms with Gasteiger partial charge in [0.05, 0.1) is 5.92 Å². The molecular weight excluding hydrogens is 180 g/mol. The van der Waals surface area contributed by atoms with E-state index in [0.29, 0.717) is 24.7 Å². The normalized spacial score (nSPS) is 33.9. The Bertz CT molecular complexity index is 265. The molecule has 0 spiro atoms. The first-order valence-corrected chi connectivity index (χ1v) is 5.22. The smallest absolute Gasteiger partial charge is 0.221 e. The van der Waals surface area contributed by atoms with Crippen LogP contribution in [-0.4, -0.2) is 35.7 Å². The number of primary amides is 1. The lowest BCUT2D eigenvalue weighted by molar-refractivity contribution is -0.121. The lowest BCUT2D eigenvalue weighted by Crippen LogP contribution is -2.33. The summed E-state index contributed by atoms with van der Waals surface area (Å²) < 4.78 is 0. The predicted molar refractivity (Wildman–Crippen MR) is 51.5 cm³/mol. The highest BCUT2D eigenvalue weighted by Crippen LogP contribution is 2.26. The monoisotopic (exact) mass is 196 g/mol. The topological polar surface area (TPSA) is 63.4 Å². The van der Waals surface area contributed by atoms with Crippen LogP contribution in [0.15, 0.2) is 0 Å². The number of ketones is 1. The molecule has 2 atom stereocenters.